The van der Waals surface area contributed by atoms with Crippen molar-refractivity contribution in [3.63, 3.8) is 0 Å². The topological polar surface area (TPSA) is 34.2 Å². The van der Waals surface area contributed by atoms with Gasteiger partial charge in [-0.05, 0) is 26.0 Å². The summed E-state index contributed by atoms with van der Waals surface area (Å²) in [4.78, 5) is 4.00. The number of ether oxygens (including phenoxy) is 1. The average Bonchev–Trinajstić information content (AvgIpc) is 2.25. The highest BCUT2D eigenvalue weighted by Crippen LogP contribution is 2.19. The standard InChI is InChI=1S/C11H15F3N2O/c1-10(2,17-8-11(12,13)14)7-16-9-5-3-4-6-15-9/h3-6H,7-8H2,1-2H3,(H,15,16). The first kappa shape index (κ1) is 13.8. The lowest BCUT2D eigenvalue weighted by Crippen LogP contribution is -2.37. The molecule has 0 saturated carbocycles. The molecule has 0 aliphatic rings. The molecular formula is C11H15F3N2O. The van der Waals surface area contributed by atoms with E-state index in [1.54, 1.807) is 38.2 Å². The molecule has 0 unspecified atom stereocenters. The molecule has 17 heavy (non-hydrogen) atoms. The molecule has 0 atom stereocenters. The van der Waals surface area contributed by atoms with Gasteiger partial charge in [0.15, 0.2) is 0 Å². The molecular weight excluding hydrogens is 233 g/mol. The van der Waals surface area contributed by atoms with Gasteiger partial charge in [-0.25, -0.2) is 4.98 Å². The molecule has 0 amide bonds. The van der Waals surface area contributed by atoms with E-state index in [2.05, 4.69) is 10.3 Å². The number of nitrogens with one attached hydrogen (secondary N) is 1. The van der Waals surface area contributed by atoms with Crippen LogP contribution in [0, 0.1) is 0 Å². The van der Waals surface area contributed by atoms with Crippen molar-refractivity contribution in [1.82, 2.24) is 4.98 Å². The molecule has 0 bridgehead atoms. The third-order valence-electron chi connectivity index (χ3n) is 1.99. The Balaban J connectivity index is 2.39. The molecule has 1 aromatic heterocycles. The monoisotopic (exact) mass is 248 g/mol. The van der Waals surface area contributed by atoms with Crippen LogP contribution in [0.15, 0.2) is 24.4 Å². The molecule has 0 fully saturated rings. The minimum Gasteiger partial charge on any atom is -0.367 e. The summed E-state index contributed by atoms with van der Waals surface area (Å²) < 4.78 is 40.8. The third kappa shape index (κ3) is 6.11. The lowest BCUT2D eigenvalue weighted by molar-refractivity contribution is -0.197. The van der Waals surface area contributed by atoms with Gasteiger partial charge in [0.2, 0.25) is 0 Å². The van der Waals surface area contributed by atoms with Crippen LogP contribution in [0.25, 0.3) is 0 Å². The van der Waals surface area contributed by atoms with Crippen LogP contribution in [0.5, 0.6) is 0 Å². The van der Waals surface area contributed by atoms with Crippen LogP contribution < -0.4 is 5.32 Å². The Morgan fingerprint density at radius 3 is 2.53 bits per heavy atom. The van der Waals surface area contributed by atoms with Crippen molar-refractivity contribution in [2.24, 2.45) is 0 Å². The van der Waals surface area contributed by atoms with Crippen LogP contribution in [0.4, 0.5) is 19.0 Å². The average molecular weight is 248 g/mol. The van der Waals surface area contributed by atoms with Crippen molar-refractivity contribution in [3.05, 3.63) is 24.4 Å². The summed E-state index contributed by atoms with van der Waals surface area (Å²) in [6.45, 7) is 2.19. The molecule has 0 spiro atoms. The van der Waals surface area contributed by atoms with E-state index in [4.69, 9.17) is 4.74 Å². The molecule has 1 rings (SSSR count). The van der Waals surface area contributed by atoms with E-state index < -0.39 is 18.4 Å². The lowest BCUT2D eigenvalue weighted by Gasteiger charge is -2.26. The van der Waals surface area contributed by atoms with Gasteiger partial charge in [-0.2, -0.15) is 13.2 Å². The number of anilines is 1. The van der Waals surface area contributed by atoms with Gasteiger partial charge in [0.25, 0.3) is 0 Å². The van der Waals surface area contributed by atoms with Crippen molar-refractivity contribution in [2.45, 2.75) is 25.6 Å². The van der Waals surface area contributed by atoms with Crippen molar-refractivity contribution >= 4 is 5.82 Å². The maximum atomic E-state index is 12.0. The smallest absolute Gasteiger partial charge is 0.367 e. The Morgan fingerprint density at radius 2 is 2.00 bits per heavy atom. The van der Waals surface area contributed by atoms with E-state index in [-0.39, 0.29) is 6.54 Å². The summed E-state index contributed by atoms with van der Waals surface area (Å²) >= 11 is 0. The fourth-order valence-electron chi connectivity index (χ4n) is 1.10. The number of rotatable bonds is 5. The second-order valence-corrected chi connectivity index (χ2v) is 4.23. The molecule has 0 saturated heterocycles. The molecule has 1 N–H and O–H groups in total. The zero-order valence-corrected chi connectivity index (χ0v) is 9.71. The molecule has 3 nitrogen and oxygen atoms in total. The highest BCUT2D eigenvalue weighted by molar-refractivity contribution is 5.33. The molecule has 0 radical (unpaired) electrons. The molecule has 0 aliphatic carbocycles. The van der Waals surface area contributed by atoms with Crippen molar-refractivity contribution in [1.29, 1.82) is 0 Å². The zero-order chi connectivity index (χ0) is 12.9. The fourth-order valence-corrected chi connectivity index (χ4v) is 1.10. The normalized spacial score (nSPS) is 12.5. The van der Waals surface area contributed by atoms with Gasteiger partial charge in [-0.3, -0.25) is 0 Å². The highest BCUT2D eigenvalue weighted by Gasteiger charge is 2.31. The van der Waals surface area contributed by atoms with E-state index in [1.807, 2.05) is 0 Å². The van der Waals surface area contributed by atoms with Gasteiger partial charge in [0.1, 0.15) is 12.4 Å². The minimum absolute atomic E-state index is 0.250. The van der Waals surface area contributed by atoms with Crippen molar-refractivity contribution in [2.75, 3.05) is 18.5 Å². The van der Waals surface area contributed by atoms with Gasteiger partial charge in [0.05, 0.1) is 5.60 Å². The van der Waals surface area contributed by atoms with Gasteiger partial charge < -0.3 is 10.1 Å². The van der Waals surface area contributed by atoms with E-state index >= 15 is 0 Å². The lowest BCUT2D eigenvalue weighted by atomic mass is 10.1. The van der Waals surface area contributed by atoms with Crippen molar-refractivity contribution < 1.29 is 17.9 Å². The molecule has 0 aromatic carbocycles. The first-order valence-electron chi connectivity index (χ1n) is 5.14. The van der Waals surface area contributed by atoms with Gasteiger partial charge in [-0.15, -0.1) is 0 Å². The Labute approximate surface area is 98.0 Å². The SMILES string of the molecule is CC(C)(CNc1ccccn1)OCC(F)(F)F. The molecule has 0 aliphatic heterocycles. The number of halogens is 3. The van der Waals surface area contributed by atoms with Crippen LogP contribution >= 0.6 is 0 Å². The van der Waals surface area contributed by atoms with Gasteiger partial charge >= 0.3 is 6.18 Å². The summed E-state index contributed by atoms with van der Waals surface area (Å²) in [5.74, 6) is 0.608. The Kier molecular flexibility index (Phi) is 4.34. The van der Waals surface area contributed by atoms with Crippen LogP contribution in [0.2, 0.25) is 0 Å². The number of hydrogen-bond donors (Lipinski definition) is 1. The quantitative estimate of drug-likeness (QED) is 0.870. The number of pyridine rings is 1. The number of hydrogen-bond acceptors (Lipinski definition) is 3. The second-order valence-electron chi connectivity index (χ2n) is 4.23. The summed E-state index contributed by atoms with van der Waals surface area (Å²) in [6.07, 6.45) is -2.70. The van der Waals surface area contributed by atoms with Crippen LogP contribution in [0.3, 0.4) is 0 Å². The predicted octanol–water partition coefficient (Wildman–Crippen LogP) is 2.85. The zero-order valence-electron chi connectivity index (χ0n) is 9.71. The van der Waals surface area contributed by atoms with Gasteiger partial charge in [-0.1, -0.05) is 6.07 Å². The fraction of sp³-hybridized carbons (Fsp3) is 0.545. The first-order valence-corrected chi connectivity index (χ1v) is 5.14. The second kappa shape index (κ2) is 5.35. The van der Waals surface area contributed by atoms with Gasteiger partial charge in [0, 0.05) is 12.7 Å². The summed E-state index contributed by atoms with van der Waals surface area (Å²) in [7, 11) is 0. The minimum atomic E-state index is -4.30. The number of alkyl halides is 3. The molecule has 96 valence electrons. The predicted molar refractivity (Wildman–Crippen MR) is 58.8 cm³/mol. The van der Waals surface area contributed by atoms with E-state index in [0.29, 0.717) is 5.82 Å². The summed E-state index contributed by atoms with van der Waals surface area (Å²) in [5, 5.41) is 2.92. The third-order valence-corrected chi connectivity index (χ3v) is 1.99. The Hall–Kier alpha value is -1.30. The van der Waals surface area contributed by atoms with Crippen LogP contribution in [-0.4, -0.2) is 29.9 Å². The van der Waals surface area contributed by atoms with Crippen molar-refractivity contribution in [3.8, 4) is 0 Å². The largest absolute Gasteiger partial charge is 0.411 e. The summed E-state index contributed by atoms with van der Waals surface area (Å²) in [6, 6.07) is 5.29. The summed E-state index contributed by atoms with van der Waals surface area (Å²) in [5.41, 5.74) is -0.910. The molecule has 6 heteroatoms. The number of nitrogens with zero attached hydrogens (tertiary/aromatic N) is 1. The first-order chi connectivity index (χ1) is 7.79. The maximum absolute atomic E-state index is 12.0. The Morgan fingerprint density at radius 1 is 1.29 bits per heavy atom. The highest BCUT2D eigenvalue weighted by atomic mass is 19.4. The molecule has 1 aromatic rings. The Bertz CT molecular complexity index is 338. The van der Waals surface area contributed by atoms with E-state index in [0.717, 1.165) is 0 Å². The van der Waals surface area contributed by atoms with E-state index in [9.17, 15) is 13.2 Å². The van der Waals surface area contributed by atoms with Crippen LogP contribution in [-0.2, 0) is 4.74 Å². The number of aromatic nitrogens is 1. The van der Waals surface area contributed by atoms with E-state index in [1.165, 1.54) is 0 Å². The van der Waals surface area contributed by atoms with Crippen LogP contribution in [0.1, 0.15) is 13.8 Å². The maximum Gasteiger partial charge on any atom is 0.411 e. The molecule has 1 heterocycles.